The molecule has 0 heterocycles. The SMILES string of the molecule is CC(=O)O[C@@H]1CCCC[C@@H]1OS(=O)(=O)c1ccc(C)cc1. The number of esters is 1. The Labute approximate surface area is 125 Å². The van der Waals surface area contributed by atoms with E-state index in [0.717, 1.165) is 18.4 Å². The molecule has 0 aromatic heterocycles. The van der Waals surface area contributed by atoms with Crippen LogP contribution in [0.25, 0.3) is 0 Å². The summed E-state index contributed by atoms with van der Waals surface area (Å²) in [4.78, 5) is 11.2. The van der Waals surface area contributed by atoms with Crippen molar-refractivity contribution in [2.75, 3.05) is 0 Å². The molecule has 2 atom stereocenters. The zero-order valence-corrected chi connectivity index (χ0v) is 13.1. The molecule has 5 nitrogen and oxygen atoms in total. The summed E-state index contributed by atoms with van der Waals surface area (Å²) in [6, 6.07) is 6.49. The molecule has 0 bridgehead atoms. The lowest BCUT2D eigenvalue weighted by Gasteiger charge is -2.30. The van der Waals surface area contributed by atoms with Gasteiger partial charge in [-0.1, -0.05) is 24.1 Å². The summed E-state index contributed by atoms with van der Waals surface area (Å²) >= 11 is 0. The molecular formula is C15H20O5S. The minimum Gasteiger partial charge on any atom is -0.460 e. The Morgan fingerprint density at radius 1 is 1.10 bits per heavy atom. The average Bonchev–Trinajstić information content (AvgIpc) is 2.40. The lowest BCUT2D eigenvalue weighted by Crippen LogP contribution is -2.37. The second-order valence-corrected chi connectivity index (χ2v) is 6.91. The van der Waals surface area contributed by atoms with E-state index in [9.17, 15) is 13.2 Å². The molecule has 1 aromatic carbocycles. The number of hydrogen-bond acceptors (Lipinski definition) is 5. The van der Waals surface area contributed by atoms with Crippen LogP contribution in [0.2, 0.25) is 0 Å². The number of carbonyl (C=O) groups is 1. The number of aryl methyl sites for hydroxylation is 1. The van der Waals surface area contributed by atoms with E-state index in [1.165, 1.54) is 19.1 Å². The van der Waals surface area contributed by atoms with Crippen molar-refractivity contribution in [3.8, 4) is 0 Å². The molecule has 6 heteroatoms. The van der Waals surface area contributed by atoms with Crippen LogP contribution in [0.15, 0.2) is 29.2 Å². The summed E-state index contributed by atoms with van der Waals surface area (Å²) in [6.07, 6.45) is 1.88. The van der Waals surface area contributed by atoms with E-state index in [2.05, 4.69) is 0 Å². The standard InChI is InChI=1S/C15H20O5S/c1-11-7-9-13(10-8-11)21(17,18)20-15-6-4-3-5-14(15)19-12(2)16/h7-10,14-15H,3-6H2,1-2H3/t14-,15+/m1/s1. The lowest BCUT2D eigenvalue weighted by molar-refractivity contribution is -0.153. The molecule has 1 fully saturated rings. The van der Waals surface area contributed by atoms with Gasteiger partial charge in [0.2, 0.25) is 0 Å². The van der Waals surface area contributed by atoms with Gasteiger partial charge < -0.3 is 4.74 Å². The van der Waals surface area contributed by atoms with Crippen LogP contribution in [-0.4, -0.2) is 26.6 Å². The third-order valence-corrected chi connectivity index (χ3v) is 4.87. The molecule has 1 aliphatic carbocycles. The summed E-state index contributed by atoms with van der Waals surface area (Å²) in [5, 5.41) is 0. The van der Waals surface area contributed by atoms with E-state index < -0.39 is 28.3 Å². The molecule has 0 aliphatic heterocycles. The van der Waals surface area contributed by atoms with Gasteiger partial charge in [0.15, 0.2) is 0 Å². The van der Waals surface area contributed by atoms with Crippen LogP contribution >= 0.6 is 0 Å². The Morgan fingerprint density at radius 2 is 1.67 bits per heavy atom. The molecule has 1 aromatic rings. The normalized spacial score (nSPS) is 22.8. The van der Waals surface area contributed by atoms with Crippen molar-refractivity contribution in [1.82, 2.24) is 0 Å². The van der Waals surface area contributed by atoms with Crippen molar-refractivity contribution in [2.45, 2.75) is 56.6 Å². The highest BCUT2D eigenvalue weighted by Gasteiger charge is 2.33. The van der Waals surface area contributed by atoms with E-state index in [1.807, 2.05) is 6.92 Å². The van der Waals surface area contributed by atoms with Gasteiger partial charge in [0.1, 0.15) is 12.2 Å². The fourth-order valence-electron chi connectivity index (χ4n) is 2.44. The zero-order chi connectivity index (χ0) is 15.5. The van der Waals surface area contributed by atoms with Crippen molar-refractivity contribution in [3.05, 3.63) is 29.8 Å². The highest BCUT2D eigenvalue weighted by atomic mass is 32.2. The monoisotopic (exact) mass is 312 g/mol. The highest BCUT2D eigenvalue weighted by Crippen LogP contribution is 2.27. The summed E-state index contributed by atoms with van der Waals surface area (Å²) < 4.78 is 35.1. The highest BCUT2D eigenvalue weighted by molar-refractivity contribution is 7.86. The Hall–Kier alpha value is -1.40. The summed E-state index contributed by atoms with van der Waals surface area (Å²) in [6.45, 7) is 3.20. The van der Waals surface area contributed by atoms with E-state index in [-0.39, 0.29) is 4.90 Å². The van der Waals surface area contributed by atoms with Gasteiger partial charge in [0.25, 0.3) is 10.1 Å². The molecule has 0 N–H and O–H groups in total. The second-order valence-electron chi connectivity index (χ2n) is 5.33. The van der Waals surface area contributed by atoms with Gasteiger partial charge in [-0.25, -0.2) is 0 Å². The topological polar surface area (TPSA) is 69.7 Å². The molecule has 116 valence electrons. The fourth-order valence-corrected chi connectivity index (χ4v) is 3.57. The average molecular weight is 312 g/mol. The van der Waals surface area contributed by atoms with Gasteiger partial charge in [-0.15, -0.1) is 0 Å². The Kier molecular flexibility index (Phi) is 5.00. The van der Waals surface area contributed by atoms with Gasteiger partial charge >= 0.3 is 5.97 Å². The van der Waals surface area contributed by atoms with Gasteiger partial charge in [-0.05, 0) is 38.3 Å². The van der Waals surface area contributed by atoms with Crippen LogP contribution in [0.4, 0.5) is 0 Å². The molecule has 0 amide bonds. The van der Waals surface area contributed by atoms with Crippen molar-refractivity contribution in [2.24, 2.45) is 0 Å². The van der Waals surface area contributed by atoms with Crippen LogP contribution in [0.5, 0.6) is 0 Å². The van der Waals surface area contributed by atoms with Crippen molar-refractivity contribution < 1.29 is 22.1 Å². The van der Waals surface area contributed by atoms with E-state index in [4.69, 9.17) is 8.92 Å². The predicted octanol–water partition coefficient (Wildman–Crippen LogP) is 2.57. The minimum atomic E-state index is -3.84. The summed E-state index contributed by atoms with van der Waals surface area (Å²) in [7, 11) is -3.84. The van der Waals surface area contributed by atoms with Crippen molar-refractivity contribution in [1.29, 1.82) is 0 Å². The van der Waals surface area contributed by atoms with Crippen LogP contribution < -0.4 is 0 Å². The molecule has 2 rings (SSSR count). The van der Waals surface area contributed by atoms with Crippen LogP contribution in [0.1, 0.15) is 38.2 Å². The molecule has 0 radical (unpaired) electrons. The van der Waals surface area contributed by atoms with Crippen LogP contribution in [0, 0.1) is 6.92 Å². The number of carbonyl (C=O) groups excluding carboxylic acids is 1. The molecule has 21 heavy (non-hydrogen) atoms. The maximum absolute atomic E-state index is 12.3. The minimum absolute atomic E-state index is 0.125. The maximum atomic E-state index is 12.3. The van der Waals surface area contributed by atoms with E-state index in [0.29, 0.717) is 12.8 Å². The number of rotatable bonds is 4. The first-order chi connectivity index (χ1) is 9.88. The van der Waals surface area contributed by atoms with E-state index in [1.54, 1.807) is 12.1 Å². The van der Waals surface area contributed by atoms with Gasteiger partial charge in [-0.2, -0.15) is 8.42 Å². The van der Waals surface area contributed by atoms with Crippen LogP contribution in [-0.2, 0) is 23.8 Å². The number of ether oxygens (including phenoxy) is 1. The predicted molar refractivity (Wildman–Crippen MR) is 77.3 cm³/mol. The van der Waals surface area contributed by atoms with Crippen molar-refractivity contribution >= 4 is 16.1 Å². The Morgan fingerprint density at radius 3 is 2.24 bits per heavy atom. The summed E-state index contributed by atoms with van der Waals surface area (Å²) in [5.41, 5.74) is 0.976. The third-order valence-electron chi connectivity index (χ3n) is 3.52. The first-order valence-electron chi connectivity index (χ1n) is 7.05. The smallest absolute Gasteiger partial charge is 0.302 e. The molecule has 1 saturated carbocycles. The third kappa shape index (κ3) is 4.28. The molecule has 0 saturated heterocycles. The molecular weight excluding hydrogens is 292 g/mol. The fraction of sp³-hybridized carbons (Fsp3) is 0.533. The summed E-state index contributed by atoms with van der Waals surface area (Å²) in [5.74, 6) is -0.414. The quantitative estimate of drug-likeness (QED) is 0.631. The van der Waals surface area contributed by atoms with Crippen molar-refractivity contribution in [3.63, 3.8) is 0 Å². The van der Waals surface area contributed by atoms with E-state index >= 15 is 0 Å². The first kappa shape index (κ1) is 16.0. The van der Waals surface area contributed by atoms with Gasteiger partial charge in [-0.3, -0.25) is 8.98 Å². The molecule has 1 aliphatic rings. The Bertz CT molecular complexity index is 591. The Balaban J connectivity index is 2.13. The molecule has 0 unspecified atom stereocenters. The van der Waals surface area contributed by atoms with Gasteiger partial charge in [0, 0.05) is 6.92 Å². The van der Waals surface area contributed by atoms with Gasteiger partial charge in [0.05, 0.1) is 4.90 Å². The largest absolute Gasteiger partial charge is 0.460 e. The second kappa shape index (κ2) is 6.58. The first-order valence-corrected chi connectivity index (χ1v) is 8.46. The van der Waals surface area contributed by atoms with Crippen LogP contribution in [0.3, 0.4) is 0 Å². The lowest BCUT2D eigenvalue weighted by atomic mass is 9.95. The number of hydrogen-bond donors (Lipinski definition) is 0. The maximum Gasteiger partial charge on any atom is 0.302 e. The number of benzene rings is 1. The zero-order valence-electron chi connectivity index (χ0n) is 12.2. The molecule has 0 spiro atoms.